The van der Waals surface area contributed by atoms with Crippen molar-refractivity contribution in [3.8, 4) is 0 Å². The fourth-order valence-electron chi connectivity index (χ4n) is 3.41. The van der Waals surface area contributed by atoms with Crippen molar-refractivity contribution in [2.24, 2.45) is 0 Å². The van der Waals surface area contributed by atoms with E-state index in [1.807, 2.05) is 4.90 Å². The van der Waals surface area contributed by atoms with Crippen LogP contribution in [0, 0.1) is 0 Å². The second kappa shape index (κ2) is 8.23. The third-order valence-electron chi connectivity index (χ3n) is 4.85. The Bertz CT molecular complexity index is 533. The quantitative estimate of drug-likeness (QED) is 0.840. The fraction of sp³-hybridized carbons (Fsp3) is 0.750. The van der Waals surface area contributed by atoms with E-state index in [2.05, 4.69) is 20.1 Å². The normalized spacial score (nSPS) is 19.5. The number of nitrogens with one attached hydrogen (secondary N) is 1. The van der Waals surface area contributed by atoms with Crippen LogP contribution in [0.4, 0.5) is 0 Å². The highest BCUT2D eigenvalue weighted by Gasteiger charge is 2.25. The first-order chi connectivity index (χ1) is 11.7. The van der Waals surface area contributed by atoms with Gasteiger partial charge in [0.2, 0.25) is 11.7 Å². The number of hydrogen-bond acceptors (Lipinski definition) is 5. The summed E-state index contributed by atoms with van der Waals surface area (Å²) in [5.41, 5.74) is 0. The molecule has 0 radical (unpaired) electrons. The van der Waals surface area contributed by atoms with Gasteiger partial charge in [0.05, 0.1) is 0 Å². The van der Waals surface area contributed by atoms with Gasteiger partial charge in [0.1, 0.15) is 6.33 Å². The molecule has 0 aliphatic carbocycles. The van der Waals surface area contributed by atoms with E-state index in [1.54, 1.807) is 4.90 Å². The van der Waals surface area contributed by atoms with Crippen molar-refractivity contribution in [1.29, 1.82) is 0 Å². The Morgan fingerprint density at radius 2 is 1.71 bits per heavy atom. The highest BCUT2D eigenvalue weighted by atomic mass is 16.2. The first-order valence-electron chi connectivity index (χ1n) is 8.89. The molecule has 0 aromatic carbocycles. The predicted molar refractivity (Wildman–Crippen MR) is 88.4 cm³/mol. The molecule has 2 aliphatic rings. The van der Waals surface area contributed by atoms with Crippen LogP contribution in [0.5, 0.6) is 0 Å². The molecule has 24 heavy (non-hydrogen) atoms. The smallest absolute Gasteiger partial charge is 0.291 e. The standard InChI is InChI=1S/C16H26N6O2/c23-14(5-4-8-20-6-2-1-3-7-20)21-9-11-22(12-10-21)16(24)15-17-13-18-19-15/h13H,1-12H2,(H,17,18,19). The van der Waals surface area contributed by atoms with Crippen LogP contribution in [0.1, 0.15) is 42.7 Å². The van der Waals surface area contributed by atoms with Crippen molar-refractivity contribution in [3.63, 3.8) is 0 Å². The van der Waals surface area contributed by atoms with Gasteiger partial charge in [-0.1, -0.05) is 6.42 Å². The van der Waals surface area contributed by atoms with E-state index in [0.717, 1.165) is 13.0 Å². The van der Waals surface area contributed by atoms with Crippen molar-refractivity contribution >= 4 is 11.8 Å². The lowest BCUT2D eigenvalue weighted by Gasteiger charge is -2.34. The largest absolute Gasteiger partial charge is 0.339 e. The number of carbonyl (C=O) groups is 2. The summed E-state index contributed by atoms with van der Waals surface area (Å²) in [6.45, 7) is 5.68. The summed E-state index contributed by atoms with van der Waals surface area (Å²) >= 11 is 0. The summed E-state index contributed by atoms with van der Waals surface area (Å²) in [4.78, 5) is 34.4. The number of piperidine rings is 1. The topological polar surface area (TPSA) is 85.4 Å². The number of aromatic nitrogens is 3. The number of H-pyrrole nitrogens is 1. The number of amides is 2. The number of carbonyl (C=O) groups excluding carboxylic acids is 2. The van der Waals surface area contributed by atoms with Gasteiger partial charge in [-0.05, 0) is 38.9 Å². The van der Waals surface area contributed by atoms with Gasteiger partial charge >= 0.3 is 0 Å². The molecular weight excluding hydrogens is 308 g/mol. The van der Waals surface area contributed by atoms with Gasteiger partial charge in [-0.3, -0.25) is 14.7 Å². The molecule has 3 rings (SSSR count). The molecule has 132 valence electrons. The Balaban J connectivity index is 1.36. The van der Waals surface area contributed by atoms with E-state index >= 15 is 0 Å². The number of rotatable bonds is 5. The van der Waals surface area contributed by atoms with Gasteiger partial charge in [-0.15, -0.1) is 0 Å². The van der Waals surface area contributed by atoms with Crippen LogP contribution in [-0.2, 0) is 4.79 Å². The molecule has 2 fully saturated rings. The Morgan fingerprint density at radius 1 is 1.00 bits per heavy atom. The van der Waals surface area contributed by atoms with E-state index < -0.39 is 0 Å². The summed E-state index contributed by atoms with van der Waals surface area (Å²) in [7, 11) is 0. The van der Waals surface area contributed by atoms with Crippen molar-refractivity contribution in [1.82, 2.24) is 29.9 Å². The van der Waals surface area contributed by atoms with Crippen molar-refractivity contribution < 1.29 is 9.59 Å². The minimum Gasteiger partial charge on any atom is -0.339 e. The molecule has 2 amide bonds. The summed E-state index contributed by atoms with van der Waals surface area (Å²) < 4.78 is 0. The average molecular weight is 334 g/mol. The molecule has 0 spiro atoms. The Kier molecular flexibility index (Phi) is 5.79. The zero-order valence-electron chi connectivity index (χ0n) is 14.1. The van der Waals surface area contributed by atoms with Gasteiger partial charge in [-0.2, -0.15) is 5.10 Å². The third-order valence-corrected chi connectivity index (χ3v) is 4.85. The van der Waals surface area contributed by atoms with Gasteiger partial charge < -0.3 is 14.7 Å². The Morgan fingerprint density at radius 3 is 2.38 bits per heavy atom. The maximum atomic E-state index is 12.3. The molecular formula is C16H26N6O2. The van der Waals surface area contributed by atoms with Crippen LogP contribution in [0.2, 0.25) is 0 Å². The lowest BCUT2D eigenvalue weighted by atomic mass is 10.1. The lowest BCUT2D eigenvalue weighted by Crippen LogP contribution is -2.50. The van der Waals surface area contributed by atoms with Crippen molar-refractivity contribution in [2.75, 3.05) is 45.8 Å². The first-order valence-corrected chi connectivity index (χ1v) is 8.89. The van der Waals surface area contributed by atoms with Gasteiger partial charge in [0.15, 0.2) is 0 Å². The molecule has 0 saturated carbocycles. The number of hydrogen-bond donors (Lipinski definition) is 1. The van der Waals surface area contributed by atoms with Gasteiger partial charge in [0, 0.05) is 32.6 Å². The second-order valence-corrected chi connectivity index (χ2v) is 6.51. The minimum absolute atomic E-state index is 0.148. The Labute approximate surface area is 142 Å². The summed E-state index contributed by atoms with van der Waals surface area (Å²) in [6.07, 6.45) is 6.77. The van der Waals surface area contributed by atoms with Crippen molar-refractivity contribution in [3.05, 3.63) is 12.2 Å². The number of aromatic amines is 1. The first kappa shape index (κ1) is 16.9. The van der Waals surface area contributed by atoms with Crippen molar-refractivity contribution in [2.45, 2.75) is 32.1 Å². The SMILES string of the molecule is O=C(CCCN1CCCCC1)N1CCN(C(=O)c2ncn[nH]2)CC1. The maximum absolute atomic E-state index is 12.3. The zero-order chi connectivity index (χ0) is 16.8. The molecule has 0 unspecified atom stereocenters. The zero-order valence-corrected chi connectivity index (χ0v) is 14.1. The van der Waals surface area contributed by atoms with E-state index in [-0.39, 0.29) is 17.6 Å². The molecule has 1 N–H and O–H groups in total. The van der Waals surface area contributed by atoms with E-state index in [9.17, 15) is 9.59 Å². The Hall–Kier alpha value is -1.96. The minimum atomic E-state index is -0.148. The highest BCUT2D eigenvalue weighted by molar-refractivity contribution is 5.90. The highest BCUT2D eigenvalue weighted by Crippen LogP contribution is 2.11. The molecule has 1 aromatic heterocycles. The summed E-state index contributed by atoms with van der Waals surface area (Å²) in [5.74, 6) is 0.319. The van der Waals surface area contributed by atoms with Crippen LogP contribution < -0.4 is 0 Å². The molecule has 2 aliphatic heterocycles. The fourth-order valence-corrected chi connectivity index (χ4v) is 3.41. The summed E-state index contributed by atoms with van der Waals surface area (Å²) in [5, 5.41) is 6.29. The number of piperazine rings is 1. The molecule has 0 bridgehead atoms. The van der Waals surface area contributed by atoms with Crippen LogP contribution in [0.25, 0.3) is 0 Å². The molecule has 8 heteroatoms. The van der Waals surface area contributed by atoms with Crippen LogP contribution in [-0.4, -0.2) is 87.5 Å². The van der Waals surface area contributed by atoms with Crippen LogP contribution >= 0.6 is 0 Å². The maximum Gasteiger partial charge on any atom is 0.291 e. The monoisotopic (exact) mass is 334 g/mol. The van der Waals surface area contributed by atoms with E-state index in [1.165, 1.54) is 38.7 Å². The molecule has 1 aromatic rings. The van der Waals surface area contributed by atoms with Gasteiger partial charge in [-0.25, -0.2) is 4.98 Å². The second-order valence-electron chi connectivity index (χ2n) is 6.51. The van der Waals surface area contributed by atoms with Crippen LogP contribution in [0.3, 0.4) is 0 Å². The third kappa shape index (κ3) is 4.31. The van der Waals surface area contributed by atoms with Gasteiger partial charge in [0.25, 0.3) is 5.91 Å². The number of likely N-dealkylation sites (tertiary alicyclic amines) is 1. The molecule has 8 nitrogen and oxygen atoms in total. The molecule has 0 atom stereocenters. The van der Waals surface area contributed by atoms with Crippen LogP contribution in [0.15, 0.2) is 6.33 Å². The lowest BCUT2D eigenvalue weighted by molar-refractivity contribution is -0.132. The van der Waals surface area contributed by atoms with E-state index in [0.29, 0.717) is 32.6 Å². The molecule has 3 heterocycles. The number of nitrogens with zero attached hydrogens (tertiary/aromatic N) is 5. The predicted octanol–water partition coefficient (Wildman–Crippen LogP) is 0.355. The summed E-state index contributed by atoms with van der Waals surface area (Å²) in [6, 6.07) is 0. The molecule has 2 saturated heterocycles. The van der Waals surface area contributed by atoms with E-state index in [4.69, 9.17) is 0 Å². The average Bonchev–Trinajstić information content (AvgIpc) is 3.17.